The van der Waals surface area contributed by atoms with Gasteiger partial charge in [0.2, 0.25) is 18.6 Å². The molecule has 6 heteroatoms. The molecule has 0 unspecified atom stereocenters. The molecule has 2 aliphatic rings. The summed E-state index contributed by atoms with van der Waals surface area (Å²) < 4.78 is 10.6. The molecular weight excluding hydrogens is 332 g/mol. The van der Waals surface area contributed by atoms with Crippen molar-refractivity contribution in [3.05, 3.63) is 53.6 Å². The van der Waals surface area contributed by atoms with Crippen LogP contribution in [0.25, 0.3) is 0 Å². The minimum atomic E-state index is -0.957. The number of nitrogens with one attached hydrogen (secondary N) is 2. The third-order valence-corrected chi connectivity index (χ3v) is 4.82. The lowest BCUT2D eigenvalue weighted by Gasteiger charge is -2.15. The fourth-order valence-electron chi connectivity index (χ4n) is 2.97. The highest BCUT2D eigenvalue weighted by Crippen LogP contribution is 2.47. The van der Waals surface area contributed by atoms with Gasteiger partial charge in [0.15, 0.2) is 11.5 Å². The van der Waals surface area contributed by atoms with E-state index < -0.39 is 5.41 Å². The average molecular weight is 352 g/mol. The Morgan fingerprint density at radius 2 is 1.73 bits per heavy atom. The van der Waals surface area contributed by atoms with Gasteiger partial charge in [0.1, 0.15) is 5.41 Å². The molecule has 0 aromatic heterocycles. The lowest BCUT2D eigenvalue weighted by molar-refractivity contribution is -0.134. The van der Waals surface area contributed by atoms with Gasteiger partial charge >= 0.3 is 0 Å². The van der Waals surface area contributed by atoms with Crippen LogP contribution in [-0.2, 0) is 16.1 Å². The van der Waals surface area contributed by atoms with Crippen LogP contribution in [-0.4, -0.2) is 18.6 Å². The highest BCUT2D eigenvalue weighted by Gasteiger charge is 2.56. The van der Waals surface area contributed by atoms with Gasteiger partial charge in [-0.2, -0.15) is 0 Å². The zero-order chi connectivity index (χ0) is 18.1. The first-order valence-electron chi connectivity index (χ1n) is 8.62. The van der Waals surface area contributed by atoms with E-state index in [0.717, 1.165) is 11.1 Å². The number of rotatable bonds is 5. The van der Waals surface area contributed by atoms with Crippen molar-refractivity contribution in [1.82, 2.24) is 5.32 Å². The summed E-state index contributed by atoms with van der Waals surface area (Å²) in [5.74, 6) is 0.899. The maximum absolute atomic E-state index is 12.6. The molecule has 0 atom stereocenters. The standard InChI is InChI=1S/C20H20N2O4/c1-13-2-5-15(6-3-13)22-19(24)20(8-9-20)18(23)21-11-14-4-7-16-17(10-14)26-12-25-16/h2-7,10H,8-9,11-12H2,1H3,(H,21,23)(H,22,24). The van der Waals surface area contributed by atoms with E-state index in [2.05, 4.69) is 10.6 Å². The number of carbonyl (C=O) groups is 2. The van der Waals surface area contributed by atoms with E-state index in [9.17, 15) is 9.59 Å². The van der Waals surface area contributed by atoms with Crippen LogP contribution >= 0.6 is 0 Å². The Hall–Kier alpha value is -3.02. The van der Waals surface area contributed by atoms with Gasteiger partial charge in [-0.25, -0.2) is 0 Å². The van der Waals surface area contributed by atoms with Crippen LogP contribution < -0.4 is 20.1 Å². The number of benzene rings is 2. The van der Waals surface area contributed by atoms with Gasteiger partial charge in [0, 0.05) is 12.2 Å². The molecule has 1 aliphatic heterocycles. The van der Waals surface area contributed by atoms with Gasteiger partial charge in [0.25, 0.3) is 0 Å². The molecule has 134 valence electrons. The van der Waals surface area contributed by atoms with Gasteiger partial charge in [0.05, 0.1) is 0 Å². The lowest BCUT2D eigenvalue weighted by atomic mass is 10.0. The Morgan fingerprint density at radius 3 is 2.46 bits per heavy atom. The molecule has 4 rings (SSSR count). The van der Waals surface area contributed by atoms with Crippen molar-refractivity contribution in [3.63, 3.8) is 0 Å². The predicted molar refractivity (Wildman–Crippen MR) is 95.9 cm³/mol. The molecule has 1 fully saturated rings. The van der Waals surface area contributed by atoms with Gasteiger partial charge in [-0.1, -0.05) is 23.8 Å². The first-order chi connectivity index (χ1) is 12.6. The number of hydrogen-bond acceptors (Lipinski definition) is 4. The van der Waals surface area contributed by atoms with Crippen molar-refractivity contribution in [2.75, 3.05) is 12.1 Å². The second-order valence-electron chi connectivity index (χ2n) is 6.77. The zero-order valence-corrected chi connectivity index (χ0v) is 14.5. The molecule has 0 spiro atoms. The quantitative estimate of drug-likeness (QED) is 0.811. The molecule has 1 heterocycles. The van der Waals surface area contributed by atoms with Crippen molar-refractivity contribution < 1.29 is 19.1 Å². The molecular formula is C20H20N2O4. The van der Waals surface area contributed by atoms with E-state index in [1.165, 1.54) is 0 Å². The topological polar surface area (TPSA) is 76.7 Å². The van der Waals surface area contributed by atoms with Crippen LogP contribution in [0.4, 0.5) is 5.69 Å². The number of amides is 2. The summed E-state index contributed by atoms with van der Waals surface area (Å²) in [6.45, 7) is 2.54. The molecule has 1 aliphatic carbocycles. The third kappa shape index (κ3) is 3.10. The van der Waals surface area contributed by atoms with E-state index in [-0.39, 0.29) is 18.6 Å². The normalized spacial score (nSPS) is 16.0. The van der Waals surface area contributed by atoms with Crippen LogP contribution in [0.2, 0.25) is 0 Å². The summed E-state index contributed by atoms with van der Waals surface area (Å²) >= 11 is 0. The van der Waals surface area contributed by atoms with E-state index in [0.29, 0.717) is 36.6 Å². The molecule has 1 saturated carbocycles. The molecule has 2 amide bonds. The van der Waals surface area contributed by atoms with E-state index in [4.69, 9.17) is 9.47 Å². The van der Waals surface area contributed by atoms with Crippen LogP contribution in [0.3, 0.4) is 0 Å². The van der Waals surface area contributed by atoms with Crippen molar-refractivity contribution >= 4 is 17.5 Å². The number of hydrogen-bond donors (Lipinski definition) is 2. The number of ether oxygens (including phenoxy) is 2. The fraction of sp³-hybridized carbons (Fsp3) is 0.300. The second-order valence-corrected chi connectivity index (χ2v) is 6.77. The summed E-state index contributed by atoms with van der Waals surface area (Å²) in [5, 5.41) is 5.72. The minimum absolute atomic E-state index is 0.216. The number of carbonyl (C=O) groups excluding carboxylic acids is 2. The van der Waals surface area contributed by atoms with Crippen LogP contribution in [0.1, 0.15) is 24.0 Å². The minimum Gasteiger partial charge on any atom is -0.454 e. The molecule has 6 nitrogen and oxygen atoms in total. The first-order valence-corrected chi connectivity index (χ1v) is 8.62. The maximum Gasteiger partial charge on any atom is 0.240 e. The Morgan fingerprint density at radius 1 is 1.00 bits per heavy atom. The molecule has 2 aromatic rings. The SMILES string of the molecule is Cc1ccc(NC(=O)C2(C(=O)NCc3ccc4c(c3)OCO4)CC2)cc1. The van der Waals surface area contributed by atoms with Crippen molar-refractivity contribution in [1.29, 1.82) is 0 Å². The second kappa shape index (κ2) is 6.37. The molecule has 2 aromatic carbocycles. The van der Waals surface area contributed by atoms with Crippen LogP contribution in [0.5, 0.6) is 11.5 Å². The number of aryl methyl sites for hydroxylation is 1. The average Bonchev–Trinajstić information content (AvgIpc) is 3.33. The summed E-state index contributed by atoms with van der Waals surface area (Å²) in [6, 6.07) is 13.1. The first kappa shape index (κ1) is 16.4. The molecule has 0 saturated heterocycles. The van der Waals surface area contributed by atoms with Gasteiger partial charge in [-0.05, 0) is 49.6 Å². The zero-order valence-electron chi connectivity index (χ0n) is 14.5. The maximum atomic E-state index is 12.6. The van der Waals surface area contributed by atoms with E-state index >= 15 is 0 Å². The summed E-state index contributed by atoms with van der Waals surface area (Å²) in [7, 11) is 0. The van der Waals surface area contributed by atoms with Crippen molar-refractivity contribution in [3.8, 4) is 11.5 Å². The molecule has 0 bridgehead atoms. The van der Waals surface area contributed by atoms with Gasteiger partial charge in [-0.15, -0.1) is 0 Å². The van der Waals surface area contributed by atoms with E-state index in [1.54, 1.807) is 0 Å². The molecule has 26 heavy (non-hydrogen) atoms. The Bertz CT molecular complexity index is 857. The Labute approximate surface area is 151 Å². The summed E-state index contributed by atoms with van der Waals surface area (Å²) in [5.41, 5.74) is 1.76. The van der Waals surface area contributed by atoms with Crippen molar-refractivity contribution in [2.24, 2.45) is 5.41 Å². The Kier molecular flexibility index (Phi) is 4.03. The van der Waals surface area contributed by atoms with Crippen LogP contribution in [0, 0.1) is 12.3 Å². The molecule has 2 N–H and O–H groups in total. The Balaban J connectivity index is 1.37. The van der Waals surface area contributed by atoms with Gasteiger partial charge in [-0.3, -0.25) is 9.59 Å². The smallest absolute Gasteiger partial charge is 0.240 e. The highest BCUT2D eigenvalue weighted by atomic mass is 16.7. The van der Waals surface area contributed by atoms with Crippen LogP contribution in [0.15, 0.2) is 42.5 Å². The fourth-order valence-corrected chi connectivity index (χ4v) is 2.97. The number of anilines is 1. The predicted octanol–water partition coefficient (Wildman–Crippen LogP) is 2.76. The largest absolute Gasteiger partial charge is 0.454 e. The third-order valence-electron chi connectivity index (χ3n) is 4.82. The van der Waals surface area contributed by atoms with Gasteiger partial charge < -0.3 is 20.1 Å². The molecule has 0 radical (unpaired) electrons. The van der Waals surface area contributed by atoms with Crippen molar-refractivity contribution in [2.45, 2.75) is 26.3 Å². The highest BCUT2D eigenvalue weighted by molar-refractivity contribution is 6.13. The summed E-state index contributed by atoms with van der Waals surface area (Å²) in [4.78, 5) is 25.2. The van der Waals surface area contributed by atoms with E-state index in [1.807, 2.05) is 49.4 Å². The number of fused-ring (bicyclic) bond motifs is 1. The lowest BCUT2D eigenvalue weighted by Crippen LogP contribution is -2.39. The monoisotopic (exact) mass is 352 g/mol. The summed E-state index contributed by atoms with van der Waals surface area (Å²) in [6.07, 6.45) is 1.13.